The Balaban J connectivity index is 1.26. The van der Waals surface area contributed by atoms with Gasteiger partial charge in [-0.1, -0.05) is 23.2 Å². The molecule has 2 saturated carbocycles. The Morgan fingerprint density at radius 3 is 2.19 bits per heavy atom. The number of anilines is 3. The summed E-state index contributed by atoms with van der Waals surface area (Å²) >= 11 is 13.0. The molecule has 14 heteroatoms. The van der Waals surface area contributed by atoms with E-state index in [1.54, 1.807) is 6.20 Å². The number of carbonyl (C=O) groups excluding carboxylic acids is 3. The van der Waals surface area contributed by atoms with Crippen LogP contribution in [-0.2, 0) is 14.4 Å². The van der Waals surface area contributed by atoms with Crippen LogP contribution in [0.3, 0.4) is 0 Å². The number of nitrogens with zero attached hydrogens (tertiary/aromatic N) is 6. The largest absolute Gasteiger partial charge is 0.369 e. The van der Waals surface area contributed by atoms with Gasteiger partial charge >= 0.3 is 0 Å². The topological polar surface area (TPSA) is 172 Å². The van der Waals surface area contributed by atoms with E-state index in [2.05, 4.69) is 15.6 Å². The first-order valence-corrected chi connectivity index (χ1v) is 15.3. The standard InChI is InChI=1S/C29H31Cl2N9O3/c30-20-11-15(13-32)12-21(31)25(20)37-29-36-22-14-34-28(38-27(22)40(29)19-5-1-16(2-6-19)26(33)43)35-17-3-7-18(8-4-17)39-23(41)9-10-24(39)42/h11-12,14,16-19H,1-10H2,(H2,33,43)(H,36,37)(H,34,35,38)/t16-,17?,18?,19-. The number of aromatic nitrogens is 4. The molecule has 4 N–H and O–H groups in total. The highest BCUT2D eigenvalue weighted by Gasteiger charge is 2.37. The Bertz CT molecular complexity index is 1600. The predicted molar refractivity (Wildman–Crippen MR) is 161 cm³/mol. The van der Waals surface area contributed by atoms with Crippen LogP contribution in [0.15, 0.2) is 18.3 Å². The number of halogens is 2. The molecule has 0 spiro atoms. The number of carbonyl (C=O) groups is 3. The molecule has 224 valence electrons. The fraction of sp³-hybridized carbons (Fsp3) is 0.483. The Kier molecular flexibility index (Phi) is 8.11. The molecular formula is C29H31Cl2N9O3. The molecule has 2 aliphatic carbocycles. The Labute approximate surface area is 257 Å². The minimum atomic E-state index is -0.287. The normalized spacial score (nSPS) is 24.3. The highest BCUT2D eigenvalue weighted by Crippen LogP contribution is 2.39. The third kappa shape index (κ3) is 5.84. The summed E-state index contributed by atoms with van der Waals surface area (Å²) in [7, 11) is 0. The molecule has 0 radical (unpaired) electrons. The van der Waals surface area contributed by atoms with E-state index in [1.807, 2.05) is 10.6 Å². The minimum absolute atomic E-state index is 0.0206. The molecule has 12 nitrogen and oxygen atoms in total. The van der Waals surface area contributed by atoms with Gasteiger partial charge in [0.05, 0.1) is 33.6 Å². The monoisotopic (exact) mass is 623 g/mol. The summed E-state index contributed by atoms with van der Waals surface area (Å²) < 4.78 is 2.01. The van der Waals surface area contributed by atoms with Gasteiger partial charge in [0, 0.05) is 36.9 Å². The van der Waals surface area contributed by atoms with Gasteiger partial charge in [0.15, 0.2) is 5.65 Å². The molecule has 0 unspecified atom stereocenters. The number of nitriles is 1. The van der Waals surface area contributed by atoms with E-state index in [0.29, 0.717) is 72.8 Å². The molecule has 6 rings (SSSR count). The van der Waals surface area contributed by atoms with Crippen molar-refractivity contribution in [2.75, 3.05) is 10.6 Å². The first kappa shape index (κ1) is 29.1. The van der Waals surface area contributed by atoms with Crippen molar-refractivity contribution in [3.05, 3.63) is 33.9 Å². The van der Waals surface area contributed by atoms with E-state index in [4.69, 9.17) is 38.9 Å². The van der Waals surface area contributed by atoms with E-state index < -0.39 is 0 Å². The second-order valence-electron chi connectivity index (χ2n) is 11.5. The first-order valence-electron chi connectivity index (χ1n) is 14.5. The number of imidazole rings is 1. The lowest BCUT2D eigenvalue weighted by atomic mass is 9.85. The van der Waals surface area contributed by atoms with Crippen molar-refractivity contribution in [3.63, 3.8) is 0 Å². The zero-order valence-corrected chi connectivity index (χ0v) is 24.9. The minimum Gasteiger partial charge on any atom is -0.369 e. The van der Waals surface area contributed by atoms with Crippen LogP contribution in [0, 0.1) is 17.2 Å². The van der Waals surface area contributed by atoms with Gasteiger partial charge < -0.3 is 16.4 Å². The first-order chi connectivity index (χ1) is 20.7. The molecule has 0 atom stereocenters. The van der Waals surface area contributed by atoms with Crippen molar-refractivity contribution >= 4 is 69.7 Å². The summed E-state index contributed by atoms with van der Waals surface area (Å²) in [5.41, 5.74) is 7.54. The van der Waals surface area contributed by atoms with Crippen LogP contribution in [0.4, 0.5) is 17.6 Å². The van der Waals surface area contributed by atoms with Gasteiger partial charge in [0.2, 0.25) is 29.6 Å². The van der Waals surface area contributed by atoms with Gasteiger partial charge in [-0.25, -0.2) is 9.97 Å². The number of fused-ring (bicyclic) bond motifs is 1. The molecule has 3 aromatic rings. The zero-order valence-electron chi connectivity index (χ0n) is 23.4. The van der Waals surface area contributed by atoms with E-state index in [1.165, 1.54) is 17.0 Å². The van der Waals surface area contributed by atoms with E-state index in [9.17, 15) is 19.6 Å². The number of nitrogens with one attached hydrogen (secondary N) is 2. The van der Waals surface area contributed by atoms with Crippen LogP contribution in [0.25, 0.3) is 11.2 Å². The molecule has 3 fully saturated rings. The molecule has 43 heavy (non-hydrogen) atoms. The van der Waals surface area contributed by atoms with Crippen LogP contribution >= 0.6 is 23.2 Å². The molecule has 3 heterocycles. The van der Waals surface area contributed by atoms with E-state index in [-0.39, 0.29) is 51.8 Å². The summed E-state index contributed by atoms with van der Waals surface area (Å²) in [6, 6.07) is 5.14. The maximum atomic E-state index is 12.2. The second kappa shape index (κ2) is 12.0. The van der Waals surface area contributed by atoms with Crippen LogP contribution in [0.1, 0.15) is 75.8 Å². The predicted octanol–water partition coefficient (Wildman–Crippen LogP) is 4.84. The van der Waals surface area contributed by atoms with Gasteiger partial charge in [-0.15, -0.1) is 0 Å². The Hall–Kier alpha value is -3.95. The zero-order chi connectivity index (χ0) is 30.2. The van der Waals surface area contributed by atoms with Crippen molar-refractivity contribution in [1.82, 2.24) is 24.4 Å². The third-order valence-corrected chi connectivity index (χ3v) is 9.39. The van der Waals surface area contributed by atoms with E-state index in [0.717, 1.165) is 25.7 Å². The molecule has 1 aromatic carbocycles. The molecule has 2 aromatic heterocycles. The Morgan fingerprint density at radius 1 is 0.953 bits per heavy atom. The molecule has 1 saturated heterocycles. The number of hydrogen-bond acceptors (Lipinski definition) is 9. The number of primary amides is 1. The van der Waals surface area contributed by atoms with Crippen molar-refractivity contribution in [1.29, 1.82) is 5.26 Å². The number of amides is 3. The van der Waals surface area contributed by atoms with Crippen molar-refractivity contribution in [2.45, 2.75) is 82.3 Å². The van der Waals surface area contributed by atoms with E-state index >= 15 is 0 Å². The van der Waals surface area contributed by atoms with Crippen molar-refractivity contribution < 1.29 is 14.4 Å². The average Bonchev–Trinajstić information content (AvgIpc) is 3.53. The van der Waals surface area contributed by atoms with Gasteiger partial charge in [-0.2, -0.15) is 10.2 Å². The molecule has 0 bridgehead atoms. The lowest BCUT2D eigenvalue weighted by molar-refractivity contribution is -0.141. The number of benzene rings is 1. The molecule has 3 amide bonds. The van der Waals surface area contributed by atoms with Crippen LogP contribution in [-0.4, -0.2) is 54.2 Å². The third-order valence-electron chi connectivity index (χ3n) is 8.79. The SMILES string of the molecule is N#Cc1cc(Cl)c(Nc2nc3cnc(NC4CCC(N5C(=O)CCC5=O)CC4)nc3n2[C@H]2CC[C@H](C(N)=O)CC2)c(Cl)c1. The quantitative estimate of drug-likeness (QED) is 0.311. The molecule has 1 aliphatic heterocycles. The maximum Gasteiger partial charge on any atom is 0.229 e. The fourth-order valence-electron chi connectivity index (χ4n) is 6.54. The Morgan fingerprint density at radius 2 is 1.58 bits per heavy atom. The summed E-state index contributed by atoms with van der Waals surface area (Å²) in [6.07, 6.45) is 8.02. The summed E-state index contributed by atoms with van der Waals surface area (Å²) in [5.74, 6) is 0.334. The molecular weight excluding hydrogens is 593 g/mol. The lowest BCUT2D eigenvalue weighted by Crippen LogP contribution is -2.43. The smallest absolute Gasteiger partial charge is 0.229 e. The summed E-state index contributed by atoms with van der Waals surface area (Å²) in [6.45, 7) is 0. The number of nitrogens with two attached hydrogens (primary N) is 1. The molecule has 3 aliphatic rings. The number of hydrogen-bond donors (Lipinski definition) is 3. The van der Waals surface area contributed by atoms with Crippen molar-refractivity contribution in [3.8, 4) is 6.07 Å². The maximum absolute atomic E-state index is 12.2. The van der Waals surface area contributed by atoms with Gasteiger partial charge in [0.25, 0.3) is 0 Å². The van der Waals surface area contributed by atoms with Gasteiger partial charge in [0.1, 0.15) is 5.52 Å². The second-order valence-corrected chi connectivity index (χ2v) is 12.3. The van der Waals surface area contributed by atoms with Crippen LogP contribution in [0.5, 0.6) is 0 Å². The van der Waals surface area contributed by atoms with Crippen LogP contribution < -0.4 is 16.4 Å². The highest BCUT2D eigenvalue weighted by molar-refractivity contribution is 6.39. The van der Waals surface area contributed by atoms with Crippen molar-refractivity contribution in [2.24, 2.45) is 11.7 Å². The number of likely N-dealkylation sites (tertiary alicyclic amines) is 1. The number of rotatable bonds is 7. The van der Waals surface area contributed by atoms with Gasteiger partial charge in [-0.3, -0.25) is 23.9 Å². The fourth-order valence-corrected chi connectivity index (χ4v) is 7.13. The van der Waals surface area contributed by atoms with Crippen LogP contribution in [0.2, 0.25) is 10.0 Å². The summed E-state index contributed by atoms with van der Waals surface area (Å²) in [4.78, 5) is 51.8. The van der Waals surface area contributed by atoms with Gasteiger partial charge in [-0.05, 0) is 63.5 Å². The lowest BCUT2D eigenvalue weighted by Gasteiger charge is -2.33. The highest BCUT2D eigenvalue weighted by atomic mass is 35.5. The summed E-state index contributed by atoms with van der Waals surface area (Å²) in [5, 5.41) is 16.5. The average molecular weight is 625 g/mol. The number of imide groups is 1.